The lowest BCUT2D eigenvalue weighted by atomic mass is 10.3. The summed E-state index contributed by atoms with van der Waals surface area (Å²) >= 11 is 0. The van der Waals surface area contributed by atoms with E-state index in [1.165, 1.54) is 0 Å². The van der Waals surface area contributed by atoms with Gasteiger partial charge in [0.25, 0.3) is 0 Å². The van der Waals surface area contributed by atoms with Crippen LogP contribution in [0, 0.1) is 0 Å². The van der Waals surface area contributed by atoms with Gasteiger partial charge in [-0.25, -0.2) is 0 Å². The van der Waals surface area contributed by atoms with Crippen LogP contribution in [0.25, 0.3) is 0 Å². The van der Waals surface area contributed by atoms with Gasteiger partial charge in [0.05, 0.1) is 5.69 Å². The number of nitrogens with one attached hydrogen (secondary N) is 2. The van der Waals surface area contributed by atoms with Crippen molar-refractivity contribution in [3.05, 3.63) is 11.9 Å². The fraction of sp³-hybridized carbons (Fsp3) is 0.700. The maximum absolute atomic E-state index is 10.0. The van der Waals surface area contributed by atoms with Crippen molar-refractivity contribution in [1.82, 2.24) is 25.6 Å². The molecule has 0 bridgehead atoms. The van der Waals surface area contributed by atoms with Crippen LogP contribution < -0.4 is 10.6 Å². The Kier molecular flexibility index (Phi) is 5.49. The van der Waals surface area contributed by atoms with E-state index in [0.717, 1.165) is 25.2 Å². The summed E-state index contributed by atoms with van der Waals surface area (Å²) in [6.45, 7) is 6.37. The normalized spacial score (nSPS) is 10.7. The van der Waals surface area contributed by atoms with E-state index in [1.54, 1.807) is 4.68 Å². The average Bonchev–Trinajstić information content (AvgIpc) is 2.70. The van der Waals surface area contributed by atoms with Crippen molar-refractivity contribution in [3.63, 3.8) is 0 Å². The zero-order valence-corrected chi connectivity index (χ0v) is 9.81. The molecule has 1 heterocycles. The van der Waals surface area contributed by atoms with Gasteiger partial charge in [-0.15, -0.1) is 5.10 Å². The SMILES string of the molecule is CC(C)NCc1cn(CCCNC=O)nn1. The first-order chi connectivity index (χ1) is 7.72. The number of carbonyl (C=O) groups excluding carboxylic acids is 1. The number of carbonyl (C=O) groups is 1. The van der Waals surface area contributed by atoms with Crippen molar-refractivity contribution in [2.24, 2.45) is 0 Å². The molecule has 0 aliphatic heterocycles. The number of hydrogen-bond acceptors (Lipinski definition) is 4. The Hall–Kier alpha value is -1.43. The maximum atomic E-state index is 10.0. The van der Waals surface area contributed by atoms with Crippen molar-refractivity contribution in [2.45, 2.75) is 39.4 Å². The molecule has 0 aromatic carbocycles. The second-order valence-electron chi connectivity index (χ2n) is 3.93. The minimum absolute atomic E-state index is 0.446. The molecule has 90 valence electrons. The quantitative estimate of drug-likeness (QED) is 0.479. The lowest BCUT2D eigenvalue weighted by molar-refractivity contribution is -0.109. The Bertz CT molecular complexity index is 310. The summed E-state index contributed by atoms with van der Waals surface area (Å²) in [7, 11) is 0. The van der Waals surface area contributed by atoms with Crippen LogP contribution in [0.3, 0.4) is 0 Å². The minimum atomic E-state index is 0.446. The molecule has 2 N–H and O–H groups in total. The van der Waals surface area contributed by atoms with Crippen LogP contribution >= 0.6 is 0 Å². The molecule has 16 heavy (non-hydrogen) atoms. The Labute approximate surface area is 95.4 Å². The zero-order chi connectivity index (χ0) is 11.8. The number of aryl methyl sites for hydroxylation is 1. The molecule has 0 fully saturated rings. The van der Waals surface area contributed by atoms with E-state index in [-0.39, 0.29) is 0 Å². The molecule has 0 saturated heterocycles. The van der Waals surface area contributed by atoms with E-state index in [0.29, 0.717) is 19.0 Å². The highest BCUT2D eigenvalue weighted by Gasteiger charge is 2.01. The second-order valence-corrected chi connectivity index (χ2v) is 3.93. The first-order valence-electron chi connectivity index (χ1n) is 5.52. The molecule has 0 atom stereocenters. The molecule has 6 nitrogen and oxygen atoms in total. The van der Waals surface area contributed by atoms with Crippen molar-refractivity contribution >= 4 is 6.41 Å². The summed E-state index contributed by atoms with van der Waals surface area (Å²) in [5.41, 5.74) is 0.942. The van der Waals surface area contributed by atoms with Crippen LogP contribution in [0.4, 0.5) is 0 Å². The highest BCUT2D eigenvalue weighted by atomic mass is 16.1. The van der Waals surface area contributed by atoms with Gasteiger partial charge in [-0.2, -0.15) is 0 Å². The van der Waals surface area contributed by atoms with Gasteiger partial charge in [0.15, 0.2) is 0 Å². The maximum Gasteiger partial charge on any atom is 0.207 e. The molecule has 1 aromatic heterocycles. The van der Waals surface area contributed by atoms with Gasteiger partial charge in [-0.1, -0.05) is 19.1 Å². The average molecular weight is 225 g/mol. The predicted octanol–water partition coefficient (Wildman–Crippen LogP) is -0.0878. The summed E-state index contributed by atoms with van der Waals surface area (Å²) < 4.78 is 1.80. The summed E-state index contributed by atoms with van der Waals surface area (Å²) in [6.07, 6.45) is 3.49. The molecule has 0 aliphatic rings. The van der Waals surface area contributed by atoms with Crippen LogP contribution in [0.2, 0.25) is 0 Å². The Balaban J connectivity index is 2.25. The highest BCUT2D eigenvalue weighted by Crippen LogP contribution is 1.94. The first kappa shape index (κ1) is 12.6. The summed E-state index contributed by atoms with van der Waals surface area (Å²) in [5.74, 6) is 0. The van der Waals surface area contributed by atoms with E-state index in [1.807, 2.05) is 6.20 Å². The van der Waals surface area contributed by atoms with E-state index < -0.39 is 0 Å². The second kappa shape index (κ2) is 6.95. The van der Waals surface area contributed by atoms with Crippen molar-refractivity contribution in [3.8, 4) is 0 Å². The number of nitrogens with zero attached hydrogens (tertiary/aromatic N) is 3. The van der Waals surface area contributed by atoms with Crippen LogP contribution in [0.1, 0.15) is 26.0 Å². The summed E-state index contributed by atoms with van der Waals surface area (Å²) in [6, 6.07) is 0.446. The van der Waals surface area contributed by atoms with Crippen molar-refractivity contribution < 1.29 is 4.79 Å². The van der Waals surface area contributed by atoms with E-state index in [9.17, 15) is 4.79 Å². The molecule has 0 unspecified atom stereocenters. The van der Waals surface area contributed by atoms with Crippen LogP contribution in [0.5, 0.6) is 0 Å². The van der Waals surface area contributed by atoms with E-state index in [4.69, 9.17) is 0 Å². The molecule has 0 spiro atoms. The van der Waals surface area contributed by atoms with Gasteiger partial charge in [-0.05, 0) is 6.42 Å². The smallest absolute Gasteiger partial charge is 0.207 e. The molecule has 0 saturated carbocycles. The van der Waals surface area contributed by atoms with E-state index >= 15 is 0 Å². The molecule has 0 radical (unpaired) electrons. The number of amides is 1. The zero-order valence-electron chi connectivity index (χ0n) is 9.81. The van der Waals surface area contributed by atoms with Gasteiger partial charge >= 0.3 is 0 Å². The molecule has 6 heteroatoms. The number of aromatic nitrogens is 3. The van der Waals surface area contributed by atoms with Gasteiger partial charge in [-0.3, -0.25) is 9.48 Å². The van der Waals surface area contributed by atoms with Gasteiger partial charge in [0.2, 0.25) is 6.41 Å². The van der Waals surface area contributed by atoms with Gasteiger partial charge in [0.1, 0.15) is 0 Å². The lowest BCUT2D eigenvalue weighted by Gasteiger charge is -2.04. The third kappa shape index (κ3) is 4.88. The van der Waals surface area contributed by atoms with Crippen molar-refractivity contribution in [2.75, 3.05) is 6.54 Å². The Morgan fingerprint density at radius 1 is 1.56 bits per heavy atom. The molecule has 0 aliphatic carbocycles. The molecule has 1 amide bonds. The molecule has 1 rings (SSSR count). The van der Waals surface area contributed by atoms with Crippen LogP contribution in [-0.4, -0.2) is 34.0 Å². The Morgan fingerprint density at radius 3 is 3.06 bits per heavy atom. The Morgan fingerprint density at radius 2 is 2.38 bits per heavy atom. The van der Waals surface area contributed by atoms with Gasteiger partial charge in [0, 0.05) is 31.9 Å². The fourth-order valence-electron chi connectivity index (χ4n) is 1.24. The third-order valence-electron chi connectivity index (χ3n) is 2.07. The minimum Gasteiger partial charge on any atom is -0.359 e. The van der Waals surface area contributed by atoms with Crippen LogP contribution in [-0.2, 0) is 17.9 Å². The first-order valence-corrected chi connectivity index (χ1v) is 5.52. The highest BCUT2D eigenvalue weighted by molar-refractivity contribution is 5.45. The number of rotatable bonds is 8. The lowest BCUT2D eigenvalue weighted by Crippen LogP contribution is -2.21. The largest absolute Gasteiger partial charge is 0.359 e. The standard InChI is InChI=1S/C10H19N5O/c1-9(2)12-6-10-7-15(14-13-10)5-3-4-11-8-16/h7-9,12H,3-6H2,1-2H3,(H,11,16). The van der Waals surface area contributed by atoms with E-state index in [2.05, 4.69) is 34.8 Å². The topological polar surface area (TPSA) is 71.8 Å². The summed E-state index contributed by atoms with van der Waals surface area (Å²) in [4.78, 5) is 10.0. The van der Waals surface area contributed by atoms with Crippen molar-refractivity contribution in [1.29, 1.82) is 0 Å². The third-order valence-corrected chi connectivity index (χ3v) is 2.07. The van der Waals surface area contributed by atoms with Gasteiger partial charge < -0.3 is 10.6 Å². The summed E-state index contributed by atoms with van der Waals surface area (Å²) in [5, 5.41) is 13.9. The molecule has 1 aromatic rings. The predicted molar refractivity (Wildman–Crippen MR) is 60.7 cm³/mol. The molecular formula is C10H19N5O. The fourth-order valence-corrected chi connectivity index (χ4v) is 1.24. The monoisotopic (exact) mass is 225 g/mol. The molecular weight excluding hydrogens is 206 g/mol. The number of hydrogen-bond donors (Lipinski definition) is 2. The van der Waals surface area contributed by atoms with Crippen LogP contribution in [0.15, 0.2) is 6.20 Å².